The summed E-state index contributed by atoms with van der Waals surface area (Å²) in [6, 6.07) is 1.32. The lowest BCUT2D eigenvalue weighted by Gasteiger charge is -2.06. The Morgan fingerprint density at radius 2 is 2.00 bits per heavy atom. The number of carboxylic acids is 1. The lowest BCUT2D eigenvalue weighted by Crippen LogP contribution is -2.06. The highest BCUT2D eigenvalue weighted by atomic mass is 79.9. The summed E-state index contributed by atoms with van der Waals surface area (Å²) in [6.07, 6.45) is 0. The quantitative estimate of drug-likeness (QED) is 0.775. The molecule has 0 aromatic heterocycles. The topological polar surface area (TPSA) is 63.3 Å². The van der Waals surface area contributed by atoms with Crippen LogP contribution < -0.4 is 5.73 Å². The minimum atomic E-state index is -1.23. The average Bonchev–Trinajstić information content (AvgIpc) is 2.23. The van der Waals surface area contributed by atoms with Gasteiger partial charge in [0.05, 0.1) is 15.7 Å². The molecule has 1 aromatic carbocycles. The molecule has 1 rings (SSSR count). The summed E-state index contributed by atoms with van der Waals surface area (Å²) in [4.78, 5) is 10.6. The maximum atomic E-state index is 13.2. The van der Waals surface area contributed by atoms with Crippen molar-refractivity contribution < 1.29 is 14.3 Å². The van der Waals surface area contributed by atoms with Crippen molar-refractivity contribution in [1.29, 1.82) is 0 Å². The van der Waals surface area contributed by atoms with Crippen molar-refractivity contribution in [3.8, 4) is 0 Å². The molecule has 0 bridgehead atoms. The lowest BCUT2D eigenvalue weighted by atomic mass is 10.1. The fourth-order valence-corrected chi connectivity index (χ4v) is 1.27. The van der Waals surface area contributed by atoms with Gasteiger partial charge in [0.2, 0.25) is 0 Å². The molecule has 0 aliphatic rings. The number of nitrogen functional groups attached to an aromatic ring is 1. The van der Waals surface area contributed by atoms with Gasteiger partial charge in [0, 0.05) is 0 Å². The molecular weight excluding hydrogens is 265 g/mol. The van der Waals surface area contributed by atoms with Crippen LogP contribution in [0.4, 0.5) is 10.1 Å². The van der Waals surface area contributed by atoms with Crippen molar-refractivity contribution >= 4 is 27.6 Å². The number of aryl methyl sites for hydroxylation is 1. The summed E-state index contributed by atoms with van der Waals surface area (Å²) < 4.78 is 13.4. The number of carboxylic acid groups (broad SMARTS) is 1. The van der Waals surface area contributed by atoms with Gasteiger partial charge in [0.15, 0.2) is 5.82 Å². The van der Waals surface area contributed by atoms with Gasteiger partial charge in [0.1, 0.15) is 0 Å². The van der Waals surface area contributed by atoms with Gasteiger partial charge >= 0.3 is 5.97 Å². The summed E-state index contributed by atoms with van der Waals surface area (Å²) in [5, 5.41) is 8.64. The number of nitrogens with two attached hydrogens (primary N) is 1. The Morgan fingerprint density at radius 1 is 1.53 bits per heavy atom. The molecule has 3 nitrogen and oxygen atoms in total. The van der Waals surface area contributed by atoms with Crippen molar-refractivity contribution in [3.05, 3.63) is 27.5 Å². The fraction of sp³-hybridized carbons (Fsp3) is 0.300. The van der Waals surface area contributed by atoms with E-state index in [1.54, 1.807) is 6.92 Å². The smallest absolute Gasteiger partial charge is 0.337 e. The van der Waals surface area contributed by atoms with E-state index in [2.05, 4.69) is 15.9 Å². The molecule has 0 saturated heterocycles. The molecule has 0 aliphatic carbocycles. The van der Waals surface area contributed by atoms with E-state index in [9.17, 15) is 9.18 Å². The van der Waals surface area contributed by atoms with E-state index in [4.69, 9.17) is 10.8 Å². The first kappa shape index (κ1) is 13.9. The van der Waals surface area contributed by atoms with E-state index in [1.807, 2.05) is 13.8 Å². The van der Waals surface area contributed by atoms with Crippen LogP contribution in [0.25, 0.3) is 0 Å². The van der Waals surface area contributed by atoms with Gasteiger partial charge < -0.3 is 10.8 Å². The Labute approximate surface area is 96.2 Å². The number of anilines is 1. The zero-order valence-corrected chi connectivity index (χ0v) is 10.4. The van der Waals surface area contributed by atoms with Crippen LogP contribution in [-0.2, 0) is 0 Å². The van der Waals surface area contributed by atoms with Crippen molar-refractivity contribution in [1.82, 2.24) is 0 Å². The zero-order valence-electron chi connectivity index (χ0n) is 8.77. The predicted octanol–water partition coefficient (Wildman–Crippen LogP) is 3.20. The van der Waals surface area contributed by atoms with Crippen molar-refractivity contribution in [2.24, 2.45) is 0 Å². The van der Waals surface area contributed by atoms with Crippen molar-refractivity contribution in [2.45, 2.75) is 20.8 Å². The lowest BCUT2D eigenvalue weighted by molar-refractivity contribution is 0.0697. The Morgan fingerprint density at radius 3 is 2.40 bits per heavy atom. The molecule has 5 heteroatoms. The van der Waals surface area contributed by atoms with E-state index in [0.29, 0.717) is 5.56 Å². The van der Waals surface area contributed by atoms with Gasteiger partial charge in [0.25, 0.3) is 0 Å². The number of hydrogen-bond donors (Lipinski definition) is 2. The van der Waals surface area contributed by atoms with Gasteiger partial charge in [-0.25, -0.2) is 9.18 Å². The van der Waals surface area contributed by atoms with Gasteiger partial charge in [-0.15, -0.1) is 0 Å². The molecule has 0 unspecified atom stereocenters. The van der Waals surface area contributed by atoms with Crippen LogP contribution in [0, 0.1) is 12.7 Å². The third-order valence-corrected chi connectivity index (χ3v) is 2.63. The molecule has 0 amide bonds. The molecule has 0 radical (unpaired) electrons. The SMILES string of the molecule is CC.Cc1cc(C(=O)O)c(N)c(F)c1Br. The number of aromatic carboxylic acids is 1. The van der Waals surface area contributed by atoms with E-state index >= 15 is 0 Å². The Hall–Kier alpha value is -1.10. The summed E-state index contributed by atoms with van der Waals surface area (Å²) >= 11 is 2.97. The summed E-state index contributed by atoms with van der Waals surface area (Å²) in [7, 11) is 0. The summed E-state index contributed by atoms with van der Waals surface area (Å²) in [6.45, 7) is 5.60. The third-order valence-electron chi connectivity index (χ3n) is 1.66. The highest BCUT2D eigenvalue weighted by molar-refractivity contribution is 9.10. The second kappa shape index (κ2) is 5.70. The minimum Gasteiger partial charge on any atom is -0.478 e. The normalized spacial score (nSPS) is 9.13. The molecule has 0 heterocycles. The molecule has 0 spiro atoms. The van der Waals surface area contributed by atoms with Crippen LogP contribution >= 0.6 is 15.9 Å². The van der Waals surface area contributed by atoms with Crippen LogP contribution in [0.1, 0.15) is 29.8 Å². The fourth-order valence-electron chi connectivity index (χ4n) is 0.944. The van der Waals surface area contributed by atoms with Crippen molar-refractivity contribution in [2.75, 3.05) is 5.73 Å². The van der Waals surface area contributed by atoms with E-state index in [1.165, 1.54) is 6.07 Å². The van der Waals surface area contributed by atoms with Gasteiger partial charge in [-0.05, 0) is 34.5 Å². The minimum absolute atomic E-state index is 0.204. The summed E-state index contributed by atoms with van der Waals surface area (Å²) in [5.41, 5.74) is 5.22. The summed E-state index contributed by atoms with van der Waals surface area (Å²) in [5.74, 6) is -1.95. The third kappa shape index (κ3) is 2.92. The largest absolute Gasteiger partial charge is 0.478 e. The number of rotatable bonds is 1. The van der Waals surface area contributed by atoms with Crippen LogP contribution in [0.5, 0.6) is 0 Å². The first-order valence-electron chi connectivity index (χ1n) is 4.42. The zero-order chi connectivity index (χ0) is 12.2. The first-order valence-corrected chi connectivity index (χ1v) is 5.21. The molecule has 3 N–H and O–H groups in total. The van der Waals surface area contributed by atoms with Crippen LogP contribution in [0.15, 0.2) is 10.5 Å². The average molecular weight is 278 g/mol. The molecule has 0 atom stereocenters. The molecule has 15 heavy (non-hydrogen) atoms. The monoisotopic (exact) mass is 277 g/mol. The maximum Gasteiger partial charge on any atom is 0.337 e. The molecule has 0 aliphatic heterocycles. The van der Waals surface area contributed by atoms with Gasteiger partial charge in [-0.2, -0.15) is 0 Å². The van der Waals surface area contributed by atoms with E-state index in [0.717, 1.165) is 0 Å². The van der Waals surface area contributed by atoms with E-state index in [-0.39, 0.29) is 15.7 Å². The maximum absolute atomic E-state index is 13.2. The second-order valence-corrected chi connectivity index (χ2v) is 3.38. The van der Waals surface area contributed by atoms with E-state index < -0.39 is 11.8 Å². The standard InChI is InChI=1S/C8H7BrFNO2.C2H6/c1-3-2-4(8(12)13)7(11)6(10)5(3)9;1-2/h2H,11H2,1H3,(H,12,13);1-2H3. The number of hydrogen-bond acceptors (Lipinski definition) is 2. The highest BCUT2D eigenvalue weighted by Crippen LogP contribution is 2.28. The van der Waals surface area contributed by atoms with Crippen LogP contribution in [0.3, 0.4) is 0 Å². The Bertz CT molecular complexity index is 380. The molecule has 0 fully saturated rings. The number of halogens is 2. The van der Waals surface area contributed by atoms with Crippen LogP contribution in [-0.4, -0.2) is 11.1 Å². The molecule has 84 valence electrons. The molecular formula is C10H13BrFNO2. The molecule has 0 saturated carbocycles. The highest BCUT2D eigenvalue weighted by Gasteiger charge is 2.16. The Balaban J connectivity index is 0.000000921. The van der Waals surface area contributed by atoms with Gasteiger partial charge in [-0.3, -0.25) is 0 Å². The van der Waals surface area contributed by atoms with Gasteiger partial charge in [-0.1, -0.05) is 13.8 Å². The second-order valence-electron chi connectivity index (χ2n) is 2.59. The first-order chi connectivity index (χ1) is 6.95. The number of benzene rings is 1. The number of carbonyl (C=O) groups is 1. The molecule has 1 aromatic rings. The predicted molar refractivity (Wildman–Crippen MR) is 61.6 cm³/mol. The Kier molecular flexibility index (Phi) is 5.28. The van der Waals surface area contributed by atoms with Crippen LogP contribution in [0.2, 0.25) is 0 Å². The van der Waals surface area contributed by atoms with Crippen molar-refractivity contribution in [3.63, 3.8) is 0 Å².